The van der Waals surface area contributed by atoms with E-state index in [0.29, 0.717) is 35.8 Å². The third-order valence-electron chi connectivity index (χ3n) is 7.36. The molecule has 0 aliphatic rings. The van der Waals surface area contributed by atoms with E-state index in [4.69, 9.17) is 25.8 Å². The average Bonchev–Trinajstić information content (AvgIpc) is 3.07. The molecule has 0 radical (unpaired) electrons. The number of halogens is 2. The van der Waals surface area contributed by atoms with E-state index >= 15 is 4.39 Å². The van der Waals surface area contributed by atoms with E-state index in [2.05, 4.69) is 10.3 Å². The number of carbonyl (C=O) groups is 1. The lowest BCUT2D eigenvalue weighted by Crippen LogP contribution is -2.38. The summed E-state index contributed by atoms with van der Waals surface area (Å²) in [5.41, 5.74) is 1.37. The van der Waals surface area contributed by atoms with E-state index in [0.717, 1.165) is 22.1 Å². The highest BCUT2D eigenvalue weighted by molar-refractivity contribution is 7.92. The minimum absolute atomic E-state index is 0.0231. The number of para-hydroxylation sites is 2. The van der Waals surface area contributed by atoms with Crippen LogP contribution in [0.15, 0.2) is 83.9 Å². The van der Waals surface area contributed by atoms with Crippen molar-refractivity contribution in [1.29, 1.82) is 0 Å². The maximum absolute atomic E-state index is 15.9. The van der Waals surface area contributed by atoms with Crippen molar-refractivity contribution in [2.45, 2.75) is 37.8 Å². The number of aromatic nitrogens is 1. The molecule has 1 aromatic heterocycles. The van der Waals surface area contributed by atoms with Crippen LogP contribution in [0.3, 0.4) is 0 Å². The molecule has 4 rings (SSSR count). The molecule has 0 atom stereocenters. The first kappa shape index (κ1) is 37.1. The van der Waals surface area contributed by atoms with Crippen molar-refractivity contribution in [3.63, 3.8) is 0 Å². The van der Waals surface area contributed by atoms with Crippen LogP contribution in [0.25, 0.3) is 0 Å². The Morgan fingerprint density at radius 1 is 0.939 bits per heavy atom. The number of rotatable bonds is 13. The second kappa shape index (κ2) is 15.6. The van der Waals surface area contributed by atoms with E-state index < -0.39 is 32.4 Å². The zero-order valence-corrected chi connectivity index (χ0v) is 30.1. The maximum atomic E-state index is 15.9. The molecule has 4 aromatic rings. The second-order valence-corrected chi connectivity index (χ2v) is 14.3. The van der Waals surface area contributed by atoms with Crippen LogP contribution in [0, 0.1) is 5.82 Å². The van der Waals surface area contributed by atoms with Crippen LogP contribution in [0.4, 0.5) is 32.1 Å². The Bertz CT molecular complexity index is 1870. The molecule has 1 heterocycles. The van der Waals surface area contributed by atoms with Gasteiger partial charge in [0.2, 0.25) is 0 Å². The first-order chi connectivity index (χ1) is 23.1. The number of amides is 1. The molecule has 3 aromatic carbocycles. The fourth-order valence-corrected chi connectivity index (χ4v) is 6.53. The van der Waals surface area contributed by atoms with Crippen LogP contribution < -0.4 is 24.0 Å². The Labute approximate surface area is 292 Å². The molecule has 0 fully saturated rings. The van der Waals surface area contributed by atoms with Gasteiger partial charge in [0.05, 0.1) is 42.8 Å². The molecule has 0 bridgehead atoms. The predicted molar refractivity (Wildman–Crippen MR) is 190 cm³/mol. The number of hydrogen-bond acceptors (Lipinski definition) is 9. The van der Waals surface area contributed by atoms with Crippen molar-refractivity contribution in [2.75, 3.05) is 55.9 Å². The number of sulfonamides is 1. The molecular weight excluding hydrogens is 673 g/mol. The Morgan fingerprint density at radius 3 is 2.31 bits per heavy atom. The highest BCUT2D eigenvalue weighted by Crippen LogP contribution is 2.36. The van der Waals surface area contributed by atoms with Crippen molar-refractivity contribution in [3.05, 3.63) is 95.4 Å². The van der Waals surface area contributed by atoms with Crippen LogP contribution >= 0.6 is 11.6 Å². The van der Waals surface area contributed by atoms with Gasteiger partial charge in [0.1, 0.15) is 33.6 Å². The summed E-state index contributed by atoms with van der Waals surface area (Å²) in [5.74, 6) is -0.0324. The SMILES string of the molecule is COc1ccc(CN(c2ccccn2)S(=O)(=O)c2cc(Cl)c(Nc3ccccc3N(C)CCN(C)C(=O)OC(C)(C)C)cc2F)c(OC)c1. The molecule has 14 heteroatoms. The Balaban J connectivity index is 1.61. The maximum Gasteiger partial charge on any atom is 0.410 e. The Morgan fingerprint density at radius 2 is 1.65 bits per heavy atom. The van der Waals surface area contributed by atoms with E-state index in [1.807, 2.05) is 24.1 Å². The van der Waals surface area contributed by atoms with Gasteiger partial charge in [-0.05, 0) is 63.2 Å². The van der Waals surface area contributed by atoms with Gasteiger partial charge in [-0.3, -0.25) is 0 Å². The standard InChI is InChI=1S/C35H41ClFN5O6S/c1-35(2,3)48-34(43)41(5)19-18-40(4)30-13-9-8-12-28(30)39-29-22-27(37)32(21-26(29)36)49(44,45)42(33-14-10-11-17-38-33)23-24-15-16-25(46-6)20-31(24)47-7/h8-17,20-22,39H,18-19,23H2,1-7H3. The van der Waals surface area contributed by atoms with Gasteiger partial charge >= 0.3 is 6.09 Å². The topological polar surface area (TPSA) is 114 Å². The largest absolute Gasteiger partial charge is 0.497 e. The molecule has 11 nitrogen and oxygen atoms in total. The summed E-state index contributed by atoms with van der Waals surface area (Å²) in [4.78, 5) is 19.4. The van der Waals surface area contributed by atoms with Crippen molar-refractivity contribution >= 4 is 50.6 Å². The second-order valence-electron chi connectivity index (χ2n) is 12.1. The predicted octanol–water partition coefficient (Wildman–Crippen LogP) is 7.33. The van der Waals surface area contributed by atoms with Gasteiger partial charge in [0, 0.05) is 51.1 Å². The summed E-state index contributed by atoms with van der Waals surface area (Å²) in [6.45, 7) is 6.02. The molecule has 0 unspecified atom stereocenters. The minimum atomic E-state index is -4.55. The lowest BCUT2D eigenvalue weighted by molar-refractivity contribution is 0.0303. The van der Waals surface area contributed by atoms with E-state index in [1.165, 1.54) is 31.4 Å². The summed E-state index contributed by atoms with van der Waals surface area (Å²) >= 11 is 6.64. The highest BCUT2D eigenvalue weighted by atomic mass is 35.5. The number of nitrogens with one attached hydrogen (secondary N) is 1. The monoisotopic (exact) mass is 713 g/mol. The summed E-state index contributed by atoms with van der Waals surface area (Å²) in [6.07, 6.45) is 1.01. The van der Waals surface area contributed by atoms with E-state index in [9.17, 15) is 13.2 Å². The molecule has 0 aliphatic heterocycles. The summed E-state index contributed by atoms with van der Waals surface area (Å²) < 4.78 is 61.4. The molecule has 0 spiro atoms. The first-order valence-electron chi connectivity index (χ1n) is 15.3. The molecule has 0 saturated heterocycles. The molecular formula is C35H41ClFN5O6S. The van der Waals surface area contributed by atoms with Crippen LogP contribution in [-0.4, -0.2) is 71.4 Å². The molecule has 262 valence electrons. The normalized spacial score (nSPS) is 11.4. The number of pyridine rings is 1. The number of methoxy groups -OCH3 is 2. The number of nitrogens with zero attached hydrogens (tertiary/aromatic N) is 4. The van der Waals surface area contributed by atoms with Crippen molar-refractivity contribution in [2.24, 2.45) is 0 Å². The number of benzene rings is 3. The number of hydrogen-bond donors (Lipinski definition) is 1. The van der Waals surface area contributed by atoms with Gasteiger partial charge in [-0.15, -0.1) is 0 Å². The van der Waals surface area contributed by atoms with E-state index in [-0.39, 0.29) is 23.1 Å². The molecule has 1 amide bonds. The molecule has 0 saturated carbocycles. The quantitative estimate of drug-likeness (QED) is 0.152. The van der Waals surface area contributed by atoms with Crippen LogP contribution in [-0.2, 0) is 21.3 Å². The molecule has 49 heavy (non-hydrogen) atoms. The van der Waals surface area contributed by atoms with Crippen molar-refractivity contribution < 1.29 is 31.8 Å². The van der Waals surface area contributed by atoms with Crippen LogP contribution in [0.1, 0.15) is 26.3 Å². The molecule has 0 aliphatic carbocycles. The minimum Gasteiger partial charge on any atom is -0.497 e. The van der Waals surface area contributed by atoms with E-state index in [1.54, 1.807) is 70.3 Å². The lowest BCUT2D eigenvalue weighted by atomic mass is 10.2. The van der Waals surface area contributed by atoms with Crippen LogP contribution in [0.2, 0.25) is 5.02 Å². The summed E-state index contributed by atoms with van der Waals surface area (Å²) in [7, 11) is 1.94. The van der Waals surface area contributed by atoms with Gasteiger partial charge in [-0.25, -0.2) is 26.9 Å². The van der Waals surface area contributed by atoms with Gasteiger partial charge in [-0.1, -0.05) is 29.8 Å². The van der Waals surface area contributed by atoms with Crippen molar-refractivity contribution in [3.8, 4) is 11.5 Å². The molecule has 1 N–H and O–H groups in total. The summed E-state index contributed by atoms with van der Waals surface area (Å²) in [6, 6.07) is 19.2. The highest BCUT2D eigenvalue weighted by Gasteiger charge is 2.31. The Kier molecular flexibility index (Phi) is 11.8. The lowest BCUT2D eigenvalue weighted by Gasteiger charge is -2.28. The number of ether oxygens (including phenoxy) is 3. The van der Waals surface area contributed by atoms with Gasteiger partial charge in [0.25, 0.3) is 10.0 Å². The smallest absolute Gasteiger partial charge is 0.410 e. The van der Waals surface area contributed by atoms with Crippen LogP contribution in [0.5, 0.6) is 11.5 Å². The number of carbonyl (C=O) groups excluding carboxylic acids is 1. The number of anilines is 4. The van der Waals surface area contributed by atoms with Gasteiger partial charge in [-0.2, -0.15) is 0 Å². The first-order valence-corrected chi connectivity index (χ1v) is 17.1. The fourth-order valence-electron chi connectivity index (χ4n) is 4.78. The zero-order chi connectivity index (χ0) is 35.9. The third kappa shape index (κ3) is 9.24. The van der Waals surface area contributed by atoms with Gasteiger partial charge in [0.15, 0.2) is 0 Å². The van der Waals surface area contributed by atoms with Gasteiger partial charge < -0.3 is 29.3 Å². The zero-order valence-electron chi connectivity index (χ0n) is 28.5. The van der Waals surface area contributed by atoms with Crippen molar-refractivity contribution in [1.82, 2.24) is 9.88 Å². The fraction of sp³-hybridized carbons (Fsp3) is 0.314. The summed E-state index contributed by atoms with van der Waals surface area (Å²) in [5, 5.41) is 3.12. The third-order valence-corrected chi connectivity index (χ3v) is 9.44. The Hall–Kier alpha value is -4.75. The average molecular weight is 714 g/mol. The number of likely N-dealkylation sites (N-methyl/N-ethyl adjacent to an activating group) is 2.